The van der Waals surface area contributed by atoms with Crippen LogP contribution in [0.15, 0.2) is 24.5 Å². The molecule has 0 bridgehead atoms. The number of aromatic nitrogens is 2. The maximum Gasteiger partial charge on any atom is 0.133 e. The highest BCUT2D eigenvalue weighted by Gasteiger charge is 2.18. The Labute approximate surface area is 129 Å². The molecule has 2 aromatic rings. The van der Waals surface area contributed by atoms with Crippen LogP contribution in [0, 0.1) is 5.82 Å². The predicted molar refractivity (Wildman–Crippen MR) is 85.3 cm³/mol. The molecule has 1 aromatic carbocycles. The minimum absolute atomic E-state index is 0.194. The lowest BCUT2D eigenvalue weighted by Crippen LogP contribution is -2.09. The average Bonchev–Trinajstić information content (AvgIpc) is 2.47. The molecule has 1 N–H and O–H groups in total. The fourth-order valence-electron chi connectivity index (χ4n) is 2.22. The fourth-order valence-corrected chi connectivity index (χ4v) is 2.43. The van der Waals surface area contributed by atoms with Crippen molar-refractivity contribution in [3.05, 3.63) is 40.9 Å². The first-order valence-electron chi connectivity index (χ1n) is 7.08. The second-order valence-electron chi connectivity index (χ2n) is 5.19. The summed E-state index contributed by atoms with van der Waals surface area (Å²) in [7, 11) is 0. The molecule has 0 radical (unpaired) electrons. The van der Waals surface area contributed by atoms with Crippen LogP contribution in [0.1, 0.15) is 38.7 Å². The van der Waals surface area contributed by atoms with Crippen molar-refractivity contribution >= 4 is 17.4 Å². The van der Waals surface area contributed by atoms with Gasteiger partial charge in [0, 0.05) is 17.7 Å². The molecule has 1 heterocycles. The summed E-state index contributed by atoms with van der Waals surface area (Å²) in [5, 5.41) is 3.79. The number of benzene rings is 1. The summed E-state index contributed by atoms with van der Waals surface area (Å²) in [6, 6.07) is 4.32. The number of halogens is 2. The van der Waals surface area contributed by atoms with Gasteiger partial charge in [-0.2, -0.15) is 0 Å². The van der Waals surface area contributed by atoms with Gasteiger partial charge in [-0.05, 0) is 30.5 Å². The van der Waals surface area contributed by atoms with Gasteiger partial charge in [0.25, 0.3) is 0 Å². The van der Waals surface area contributed by atoms with E-state index < -0.39 is 0 Å². The van der Waals surface area contributed by atoms with Gasteiger partial charge in [-0.1, -0.05) is 32.4 Å². The quantitative estimate of drug-likeness (QED) is 0.855. The van der Waals surface area contributed by atoms with Crippen LogP contribution in [-0.4, -0.2) is 16.5 Å². The summed E-state index contributed by atoms with van der Waals surface area (Å²) in [4.78, 5) is 8.66. The third kappa shape index (κ3) is 3.50. The van der Waals surface area contributed by atoms with Crippen molar-refractivity contribution in [2.45, 2.75) is 33.1 Å². The van der Waals surface area contributed by atoms with Crippen LogP contribution < -0.4 is 5.32 Å². The van der Waals surface area contributed by atoms with Crippen molar-refractivity contribution in [1.82, 2.24) is 9.97 Å². The average molecular weight is 308 g/mol. The molecule has 2 rings (SSSR count). The Morgan fingerprint density at radius 2 is 2.05 bits per heavy atom. The maximum absolute atomic E-state index is 13.6. The summed E-state index contributed by atoms with van der Waals surface area (Å²) >= 11 is 6.22. The first-order valence-corrected chi connectivity index (χ1v) is 7.46. The van der Waals surface area contributed by atoms with Crippen molar-refractivity contribution in [2.24, 2.45) is 0 Å². The first-order chi connectivity index (χ1) is 10.0. The second-order valence-corrected chi connectivity index (χ2v) is 5.60. The lowest BCUT2D eigenvalue weighted by atomic mass is 9.97. The molecule has 5 heteroatoms. The largest absolute Gasteiger partial charge is 0.370 e. The van der Waals surface area contributed by atoms with E-state index in [0.717, 1.165) is 24.3 Å². The van der Waals surface area contributed by atoms with Crippen molar-refractivity contribution in [1.29, 1.82) is 0 Å². The molecule has 0 amide bonds. The van der Waals surface area contributed by atoms with E-state index in [9.17, 15) is 4.39 Å². The molecule has 0 aliphatic heterocycles. The van der Waals surface area contributed by atoms with Gasteiger partial charge in [-0.25, -0.2) is 14.4 Å². The zero-order chi connectivity index (χ0) is 15.4. The number of hydrogen-bond acceptors (Lipinski definition) is 3. The highest BCUT2D eigenvalue weighted by atomic mass is 35.5. The van der Waals surface area contributed by atoms with E-state index in [1.54, 1.807) is 6.07 Å². The van der Waals surface area contributed by atoms with Crippen LogP contribution >= 0.6 is 11.6 Å². The van der Waals surface area contributed by atoms with Crippen molar-refractivity contribution in [3.8, 4) is 11.3 Å². The van der Waals surface area contributed by atoms with E-state index >= 15 is 0 Å². The van der Waals surface area contributed by atoms with Crippen LogP contribution in [0.25, 0.3) is 11.3 Å². The highest BCUT2D eigenvalue weighted by Crippen LogP contribution is 2.35. The Bertz CT molecular complexity index is 629. The molecule has 0 spiro atoms. The summed E-state index contributed by atoms with van der Waals surface area (Å²) in [6.07, 6.45) is 2.48. The van der Waals surface area contributed by atoms with Crippen LogP contribution in [0.2, 0.25) is 5.02 Å². The van der Waals surface area contributed by atoms with Gasteiger partial charge in [0.1, 0.15) is 18.0 Å². The molecule has 21 heavy (non-hydrogen) atoms. The molecule has 0 aliphatic carbocycles. The summed E-state index contributed by atoms with van der Waals surface area (Å²) in [6.45, 7) is 7.04. The van der Waals surface area contributed by atoms with Gasteiger partial charge in [0.2, 0.25) is 0 Å². The monoisotopic (exact) mass is 307 g/mol. The van der Waals surface area contributed by atoms with Crippen LogP contribution in [0.3, 0.4) is 0 Å². The standard InChI is InChI=1S/C16H19ClFN3/c1-4-7-19-16-14(10(2)3)15(20-9-21-16)12-8-11(18)5-6-13(12)17/h5-6,8-10H,4,7H2,1-3H3,(H,19,20,21). The number of hydrogen-bond donors (Lipinski definition) is 1. The Kier molecular flexibility index (Phi) is 5.12. The highest BCUT2D eigenvalue weighted by molar-refractivity contribution is 6.33. The molecule has 0 fully saturated rings. The fraction of sp³-hybridized carbons (Fsp3) is 0.375. The van der Waals surface area contributed by atoms with E-state index in [2.05, 4.69) is 36.1 Å². The molecular formula is C16H19ClFN3. The van der Waals surface area contributed by atoms with Gasteiger partial charge >= 0.3 is 0 Å². The summed E-state index contributed by atoms with van der Waals surface area (Å²) < 4.78 is 13.6. The molecule has 0 unspecified atom stereocenters. The zero-order valence-corrected chi connectivity index (χ0v) is 13.2. The Morgan fingerprint density at radius 3 is 2.71 bits per heavy atom. The maximum atomic E-state index is 13.6. The minimum atomic E-state index is -0.328. The number of rotatable bonds is 5. The molecule has 0 atom stereocenters. The SMILES string of the molecule is CCCNc1ncnc(-c2cc(F)ccc2Cl)c1C(C)C. The normalized spacial score (nSPS) is 11.0. The van der Waals surface area contributed by atoms with Crippen molar-refractivity contribution < 1.29 is 4.39 Å². The van der Waals surface area contributed by atoms with Crippen LogP contribution in [-0.2, 0) is 0 Å². The number of nitrogens with zero attached hydrogens (tertiary/aromatic N) is 2. The number of nitrogens with one attached hydrogen (secondary N) is 1. The van der Waals surface area contributed by atoms with Crippen molar-refractivity contribution in [2.75, 3.05) is 11.9 Å². The molecular weight excluding hydrogens is 289 g/mol. The second kappa shape index (κ2) is 6.85. The topological polar surface area (TPSA) is 37.8 Å². The van der Waals surface area contributed by atoms with E-state index in [4.69, 9.17) is 11.6 Å². The van der Waals surface area contributed by atoms with E-state index in [0.29, 0.717) is 16.3 Å². The first kappa shape index (κ1) is 15.7. The van der Waals surface area contributed by atoms with Crippen molar-refractivity contribution in [3.63, 3.8) is 0 Å². The molecule has 112 valence electrons. The minimum Gasteiger partial charge on any atom is -0.370 e. The molecule has 1 aromatic heterocycles. The lowest BCUT2D eigenvalue weighted by Gasteiger charge is -2.17. The molecule has 0 aliphatic rings. The Balaban J connectivity index is 2.59. The molecule has 3 nitrogen and oxygen atoms in total. The summed E-state index contributed by atoms with van der Waals surface area (Å²) in [5.74, 6) is 0.655. The van der Waals surface area contributed by atoms with E-state index in [-0.39, 0.29) is 11.7 Å². The zero-order valence-electron chi connectivity index (χ0n) is 12.5. The lowest BCUT2D eigenvalue weighted by molar-refractivity contribution is 0.628. The Hall–Kier alpha value is -1.68. The Morgan fingerprint density at radius 1 is 1.29 bits per heavy atom. The van der Waals surface area contributed by atoms with Crippen LogP contribution in [0.4, 0.5) is 10.2 Å². The van der Waals surface area contributed by atoms with Gasteiger partial charge in [0.05, 0.1) is 10.7 Å². The molecule has 0 saturated carbocycles. The van der Waals surface area contributed by atoms with E-state index in [1.165, 1.54) is 18.5 Å². The van der Waals surface area contributed by atoms with Gasteiger partial charge in [0.15, 0.2) is 0 Å². The van der Waals surface area contributed by atoms with Gasteiger partial charge in [-0.3, -0.25) is 0 Å². The van der Waals surface area contributed by atoms with Crippen LogP contribution in [0.5, 0.6) is 0 Å². The number of anilines is 1. The van der Waals surface area contributed by atoms with Gasteiger partial charge in [-0.15, -0.1) is 0 Å². The van der Waals surface area contributed by atoms with Gasteiger partial charge < -0.3 is 5.32 Å². The smallest absolute Gasteiger partial charge is 0.133 e. The molecule has 0 saturated heterocycles. The third-order valence-electron chi connectivity index (χ3n) is 3.19. The summed E-state index contributed by atoms with van der Waals surface area (Å²) in [5.41, 5.74) is 2.24. The predicted octanol–water partition coefficient (Wildman–Crippen LogP) is 4.88. The third-order valence-corrected chi connectivity index (χ3v) is 3.52. The van der Waals surface area contributed by atoms with E-state index in [1.807, 2.05) is 0 Å².